The van der Waals surface area contributed by atoms with Crippen LogP contribution in [0, 0.1) is 25.7 Å². The van der Waals surface area contributed by atoms with Crippen molar-refractivity contribution in [1.82, 2.24) is 19.9 Å². The molecule has 0 aliphatic rings. The summed E-state index contributed by atoms with van der Waals surface area (Å²) in [4.78, 5) is 17.7. The maximum Gasteiger partial charge on any atom is 0.0898 e. The van der Waals surface area contributed by atoms with E-state index in [2.05, 4.69) is 31.8 Å². The minimum absolute atomic E-state index is 0.811. The van der Waals surface area contributed by atoms with Gasteiger partial charge in [0.2, 0.25) is 0 Å². The lowest BCUT2D eigenvalue weighted by Gasteiger charge is -2.02. The molecule has 0 amide bonds. The molecular weight excluding hydrogens is 344 g/mol. The first kappa shape index (κ1) is 17.6. The molecule has 0 saturated carbocycles. The van der Waals surface area contributed by atoms with E-state index in [0.29, 0.717) is 0 Å². The summed E-state index contributed by atoms with van der Waals surface area (Å²) in [6.45, 7) is 4.06. The van der Waals surface area contributed by atoms with Gasteiger partial charge in [-0.3, -0.25) is 19.9 Å². The fourth-order valence-electron chi connectivity index (χ4n) is 2.74. The molecule has 4 aromatic rings. The second-order valence-electron chi connectivity index (χ2n) is 6.55. The van der Waals surface area contributed by atoms with Crippen LogP contribution in [0.3, 0.4) is 0 Å². The lowest BCUT2D eigenvalue weighted by molar-refractivity contribution is 1.22. The summed E-state index contributed by atoms with van der Waals surface area (Å²) in [5, 5.41) is 0. The highest BCUT2D eigenvalue weighted by Crippen LogP contribution is 2.17. The standard InChI is InChI=1S/C24H18N4/c1-17-7-10-25-22(13-17)24-15-20(9-12-27-24)5-4-19-8-11-26-23(14-19)21-6-3-18(2)16-28-21/h3,6-16H,1-2H3. The van der Waals surface area contributed by atoms with Crippen LogP contribution in [0.25, 0.3) is 22.8 Å². The van der Waals surface area contributed by atoms with Crippen molar-refractivity contribution in [3.8, 4) is 34.6 Å². The molecule has 4 aromatic heterocycles. The Balaban J connectivity index is 1.62. The van der Waals surface area contributed by atoms with E-state index in [1.807, 2.05) is 68.6 Å². The lowest BCUT2D eigenvalue weighted by Crippen LogP contribution is -1.90. The van der Waals surface area contributed by atoms with Crippen LogP contribution < -0.4 is 0 Å². The topological polar surface area (TPSA) is 51.6 Å². The van der Waals surface area contributed by atoms with E-state index in [-0.39, 0.29) is 0 Å². The Morgan fingerprint density at radius 3 is 1.68 bits per heavy atom. The number of hydrogen-bond donors (Lipinski definition) is 0. The molecule has 0 bridgehead atoms. The molecule has 28 heavy (non-hydrogen) atoms. The van der Waals surface area contributed by atoms with Crippen molar-refractivity contribution < 1.29 is 0 Å². The largest absolute Gasteiger partial charge is 0.255 e. The van der Waals surface area contributed by atoms with E-state index in [0.717, 1.165) is 45.0 Å². The fourth-order valence-corrected chi connectivity index (χ4v) is 2.74. The van der Waals surface area contributed by atoms with Crippen molar-refractivity contribution in [2.45, 2.75) is 13.8 Å². The Labute approximate surface area is 164 Å². The van der Waals surface area contributed by atoms with Crippen molar-refractivity contribution in [1.29, 1.82) is 0 Å². The van der Waals surface area contributed by atoms with Gasteiger partial charge in [-0.15, -0.1) is 0 Å². The molecule has 0 radical (unpaired) electrons. The third-order valence-corrected chi connectivity index (χ3v) is 4.22. The van der Waals surface area contributed by atoms with Crippen LogP contribution in [0.15, 0.2) is 73.3 Å². The molecule has 4 rings (SSSR count). The van der Waals surface area contributed by atoms with Crippen LogP contribution >= 0.6 is 0 Å². The average molecular weight is 362 g/mol. The van der Waals surface area contributed by atoms with Crippen LogP contribution in [0.5, 0.6) is 0 Å². The van der Waals surface area contributed by atoms with Gasteiger partial charge in [0.05, 0.1) is 22.8 Å². The molecule has 134 valence electrons. The van der Waals surface area contributed by atoms with Crippen LogP contribution in [0.2, 0.25) is 0 Å². The van der Waals surface area contributed by atoms with Crippen molar-refractivity contribution in [2.75, 3.05) is 0 Å². The molecule has 4 heteroatoms. The zero-order valence-corrected chi connectivity index (χ0v) is 15.7. The Bertz CT molecular complexity index is 1180. The molecule has 0 unspecified atom stereocenters. The number of aromatic nitrogens is 4. The third-order valence-electron chi connectivity index (χ3n) is 4.22. The molecule has 0 aliphatic carbocycles. The molecule has 4 nitrogen and oxygen atoms in total. The summed E-state index contributed by atoms with van der Waals surface area (Å²) in [7, 11) is 0. The molecule has 0 saturated heterocycles. The molecule has 0 aromatic carbocycles. The lowest BCUT2D eigenvalue weighted by atomic mass is 10.1. The van der Waals surface area contributed by atoms with E-state index in [4.69, 9.17) is 0 Å². The Morgan fingerprint density at radius 1 is 0.536 bits per heavy atom. The van der Waals surface area contributed by atoms with Gasteiger partial charge >= 0.3 is 0 Å². The predicted molar refractivity (Wildman–Crippen MR) is 110 cm³/mol. The van der Waals surface area contributed by atoms with Crippen molar-refractivity contribution in [3.05, 3.63) is 95.6 Å². The molecular formula is C24H18N4. The SMILES string of the molecule is Cc1ccc(-c2cc(C#Cc3ccnc(-c4cc(C)ccn4)c3)ccn2)nc1. The summed E-state index contributed by atoms with van der Waals surface area (Å²) < 4.78 is 0. The number of aryl methyl sites for hydroxylation is 2. The van der Waals surface area contributed by atoms with E-state index < -0.39 is 0 Å². The van der Waals surface area contributed by atoms with Gasteiger partial charge < -0.3 is 0 Å². The van der Waals surface area contributed by atoms with Crippen LogP contribution in [0.1, 0.15) is 22.3 Å². The quantitative estimate of drug-likeness (QED) is 0.488. The van der Waals surface area contributed by atoms with E-state index in [1.165, 1.54) is 0 Å². The number of hydrogen-bond acceptors (Lipinski definition) is 4. The molecule has 0 aliphatic heterocycles. The summed E-state index contributed by atoms with van der Waals surface area (Å²) in [6.07, 6.45) is 7.16. The third kappa shape index (κ3) is 4.11. The van der Waals surface area contributed by atoms with Crippen LogP contribution in [0.4, 0.5) is 0 Å². The minimum atomic E-state index is 0.811. The fraction of sp³-hybridized carbons (Fsp3) is 0.0833. The summed E-state index contributed by atoms with van der Waals surface area (Å²) >= 11 is 0. The van der Waals surface area contributed by atoms with Crippen molar-refractivity contribution >= 4 is 0 Å². The van der Waals surface area contributed by atoms with Gasteiger partial charge in [-0.25, -0.2) is 0 Å². The van der Waals surface area contributed by atoms with Gasteiger partial charge in [-0.2, -0.15) is 0 Å². The van der Waals surface area contributed by atoms with Gasteiger partial charge in [0, 0.05) is 35.9 Å². The van der Waals surface area contributed by atoms with Crippen LogP contribution in [-0.2, 0) is 0 Å². The highest BCUT2D eigenvalue weighted by molar-refractivity contribution is 5.59. The average Bonchev–Trinajstić information content (AvgIpc) is 2.73. The van der Waals surface area contributed by atoms with Crippen LogP contribution in [-0.4, -0.2) is 19.9 Å². The van der Waals surface area contributed by atoms with Gasteiger partial charge in [-0.1, -0.05) is 17.9 Å². The Hall–Kier alpha value is -3.84. The molecule has 0 spiro atoms. The minimum Gasteiger partial charge on any atom is -0.255 e. The first-order chi connectivity index (χ1) is 13.7. The van der Waals surface area contributed by atoms with Gasteiger partial charge in [0.15, 0.2) is 0 Å². The maximum atomic E-state index is 4.43. The molecule has 0 N–H and O–H groups in total. The second-order valence-corrected chi connectivity index (χ2v) is 6.55. The normalized spacial score (nSPS) is 10.2. The highest BCUT2D eigenvalue weighted by Gasteiger charge is 2.03. The monoisotopic (exact) mass is 362 g/mol. The van der Waals surface area contributed by atoms with Crippen molar-refractivity contribution in [2.24, 2.45) is 0 Å². The van der Waals surface area contributed by atoms with Gasteiger partial charge in [-0.05, 0) is 67.4 Å². The summed E-state index contributed by atoms with van der Waals surface area (Å²) in [5.41, 5.74) is 7.36. The van der Waals surface area contributed by atoms with Gasteiger partial charge in [0.1, 0.15) is 0 Å². The van der Waals surface area contributed by atoms with E-state index in [9.17, 15) is 0 Å². The summed E-state index contributed by atoms with van der Waals surface area (Å²) in [6, 6.07) is 15.7. The Morgan fingerprint density at radius 2 is 1.11 bits per heavy atom. The zero-order valence-electron chi connectivity index (χ0n) is 15.7. The maximum absolute atomic E-state index is 4.43. The first-order valence-electron chi connectivity index (χ1n) is 8.97. The number of rotatable bonds is 2. The smallest absolute Gasteiger partial charge is 0.0898 e. The number of pyridine rings is 4. The first-order valence-corrected chi connectivity index (χ1v) is 8.97. The van der Waals surface area contributed by atoms with Gasteiger partial charge in [0.25, 0.3) is 0 Å². The van der Waals surface area contributed by atoms with E-state index in [1.54, 1.807) is 18.6 Å². The highest BCUT2D eigenvalue weighted by atomic mass is 14.8. The van der Waals surface area contributed by atoms with Crippen molar-refractivity contribution in [3.63, 3.8) is 0 Å². The zero-order chi connectivity index (χ0) is 19.3. The molecule has 4 heterocycles. The Kier molecular flexibility index (Phi) is 4.90. The second kappa shape index (κ2) is 7.81. The molecule has 0 fully saturated rings. The molecule has 0 atom stereocenters. The van der Waals surface area contributed by atoms with E-state index >= 15 is 0 Å². The predicted octanol–water partition coefficient (Wildman–Crippen LogP) is 4.62. The summed E-state index contributed by atoms with van der Waals surface area (Å²) in [5.74, 6) is 6.41. The number of nitrogens with zero attached hydrogens (tertiary/aromatic N) is 4.